The van der Waals surface area contributed by atoms with Crippen molar-refractivity contribution in [3.63, 3.8) is 0 Å². The van der Waals surface area contributed by atoms with Crippen molar-refractivity contribution in [1.29, 1.82) is 0 Å². The van der Waals surface area contributed by atoms with Gasteiger partial charge in [0.25, 0.3) is 0 Å². The number of amides is 1. The lowest BCUT2D eigenvalue weighted by Crippen LogP contribution is -2.30. The highest BCUT2D eigenvalue weighted by Crippen LogP contribution is 2.25. The Labute approximate surface area is 91.2 Å². The molecule has 0 aliphatic rings. The Morgan fingerprint density at radius 3 is 2.36 bits per heavy atom. The Hall–Kier alpha value is -0.220. The molecule has 0 fully saturated rings. The molecule has 0 heterocycles. The van der Waals surface area contributed by atoms with Gasteiger partial charge in [0.1, 0.15) is 0 Å². The predicted octanol–water partition coefficient (Wildman–Crippen LogP) is 1.92. The Bertz CT molecular complexity index is 174. The van der Waals surface area contributed by atoms with Crippen LogP contribution in [0.25, 0.3) is 0 Å². The van der Waals surface area contributed by atoms with Gasteiger partial charge in [-0.1, -0.05) is 27.7 Å². The number of thioether (sulfide) groups is 1. The molecular formula is C10H22N2OS. The number of nitrogens with one attached hydrogen (secondary N) is 1. The van der Waals surface area contributed by atoms with Crippen LogP contribution in [0.3, 0.4) is 0 Å². The summed E-state index contributed by atoms with van der Waals surface area (Å²) in [6.07, 6.45) is 1.42. The van der Waals surface area contributed by atoms with E-state index in [1.165, 1.54) is 0 Å². The standard InChI is InChI=1S/C10H22N2OS/c1-7(2)9(4)14-8(3)5-6-10(13)12-11/h7-9H,5-6,11H2,1-4H3,(H,12,13). The van der Waals surface area contributed by atoms with Crippen molar-refractivity contribution in [1.82, 2.24) is 5.43 Å². The van der Waals surface area contributed by atoms with Crippen molar-refractivity contribution in [2.24, 2.45) is 11.8 Å². The summed E-state index contributed by atoms with van der Waals surface area (Å²) < 4.78 is 0. The first-order valence-electron chi connectivity index (χ1n) is 5.12. The number of carbonyl (C=O) groups is 1. The molecule has 0 saturated heterocycles. The van der Waals surface area contributed by atoms with Gasteiger partial charge >= 0.3 is 0 Å². The molecule has 4 heteroatoms. The first-order chi connectivity index (χ1) is 6.47. The second-order valence-corrected chi connectivity index (χ2v) is 5.82. The third-order valence-electron chi connectivity index (χ3n) is 2.32. The molecular weight excluding hydrogens is 196 g/mol. The van der Waals surface area contributed by atoms with Gasteiger partial charge in [0.15, 0.2) is 0 Å². The summed E-state index contributed by atoms with van der Waals surface area (Å²) in [7, 11) is 0. The highest BCUT2D eigenvalue weighted by molar-refractivity contribution is 8.00. The third-order valence-corrected chi connectivity index (χ3v) is 4.00. The molecule has 0 saturated carbocycles. The van der Waals surface area contributed by atoms with Crippen LogP contribution in [0, 0.1) is 5.92 Å². The lowest BCUT2D eigenvalue weighted by molar-refractivity contribution is -0.121. The smallest absolute Gasteiger partial charge is 0.233 e. The lowest BCUT2D eigenvalue weighted by atomic mass is 10.2. The average Bonchev–Trinajstić information content (AvgIpc) is 2.13. The SMILES string of the molecule is CC(CCC(=O)NN)SC(C)C(C)C. The van der Waals surface area contributed by atoms with Crippen molar-refractivity contribution in [2.75, 3.05) is 0 Å². The van der Waals surface area contributed by atoms with E-state index in [4.69, 9.17) is 5.84 Å². The van der Waals surface area contributed by atoms with E-state index >= 15 is 0 Å². The summed E-state index contributed by atoms with van der Waals surface area (Å²) in [6, 6.07) is 0. The predicted molar refractivity (Wildman–Crippen MR) is 62.9 cm³/mol. The topological polar surface area (TPSA) is 55.1 Å². The highest BCUT2D eigenvalue weighted by Gasteiger charge is 2.13. The number of hydrogen-bond donors (Lipinski definition) is 2. The minimum atomic E-state index is -0.0744. The second kappa shape index (κ2) is 7.12. The van der Waals surface area contributed by atoms with Crippen LogP contribution in [0.1, 0.15) is 40.5 Å². The molecule has 0 aliphatic carbocycles. The van der Waals surface area contributed by atoms with Crippen LogP contribution in [-0.4, -0.2) is 16.4 Å². The Kier molecular flexibility index (Phi) is 7.01. The molecule has 84 valence electrons. The highest BCUT2D eigenvalue weighted by atomic mass is 32.2. The first kappa shape index (κ1) is 13.8. The van der Waals surface area contributed by atoms with E-state index in [1.54, 1.807) is 0 Å². The normalized spacial score (nSPS) is 15.3. The number of hydrogen-bond acceptors (Lipinski definition) is 3. The Balaban J connectivity index is 3.64. The zero-order valence-corrected chi connectivity index (χ0v) is 10.4. The maximum Gasteiger partial charge on any atom is 0.233 e. The molecule has 0 aromatic rings. The summed E-state index contributed by atoms with van der Waals surface area (Å²) in [5, 5.41) is 1.16. The van der Waals surface area contributed by atoms with Gasteiger partial charge in [-0.15, -0.1) is 0 Å². The molecule has 0 radical (unpaired) electrons. The van der Waals surface area contributed by atoms with Gasteiger partial charge in [0, 0.05) is 16.9 Å². The maximum atomic E-state index is 10.9. The molecule has 0 aromatic heterocycles. The summed E-state index contributed by atoms with van der Waals surface area (Å²) in [5.41, 5.74) is 2.15. The summed E-state index contributed by atoms with van der Waals surface area (Å²) in [4.78, 5) is 10.9. The lowest BCUT2D eigenvalue weighted by Gasteiger charge is -2.19. The summed E-state index contributed by atoms with van der Waals surface area (Å²) >= 11 is 1.94. The molecule has 0 bridgehead atoms. The van der Waals surface area contributed by atoms with Crippen LogP contribution < -0.4 is 11.3 Å². The summed E-state index contributed by atoms with van der Waals surface area (Å²) in [6.45, 7) is 8.83. The van der Waals surface area contributed by atoms with Gasteiger partial charge in [-0.3, -0.25) is 10.2 Å². The van der Waals surface area contributed by atoms with Crippen LogP contribution in [0.2, 0.25) is 0 Å². The number of rotatable bonds is 6. The monoisotopic (exact) mass is 218 g/mol. The molecule has 1 amide bonds. The molecule has 2 atom stereocenters. The fourth-order valence-electron chi connectivity index (χ4n) is 0.998. The first-order valence-corrected chi connectivity index (χ1v) is 6.06. The fourth-order valence-corrected chi connectivity index (χ4v) is 2.30. The van der Waals surface area contributed by atoms with Gasteiger partial charge in [0.05, 0.1) is 0 Å². The number of nitrogens with two attached hydrogens (primary N) is 1. The van der Waals surface area contributed by atoms with E-state index in [9.17, 15) is 4.79 Å². The van der Waals surface area contributed by atoms with Gasteiger partial charge in [-0.2, -0.15) is 11.8 Å². The molecule has 3 N–H and O–H groups in total. The molecule has 0 aromatic carbocycles. The largest absolute Gasteiger partial charge is 0.294 e. The van der Waals surface area contributed by atoms with E-state index in [0.717, 1.165) is 6.42 Å². The van der Waals surface area contributed by atoms with E-state index < -0.39 is 0 Å². The van der Waals surface area contributed by atoms with Crippen molar-refractivity contribution >= 4 is 17.7 Å². The minimum absolute atomic E-state index is 0.0744. The van der Waals surface area contributed by atoms with Crippen LogP contribution in [0.5, 0.6) is 0 Å². The molecule has 0 aliphatic heterocycles. The van der Waals surface area contributed by atoms with E-state index in [-0.39, 0.29) is 5.91 Å². The van der Waals surface area contributed by atoms with Crippen LogP contribution in [0.4, 0.5) is 0 Å². The quantitative estimate of drug-likeness (QED) is 0.407. The Morgan fingerprint density at radius 2 is 1.93 bits per heavy atom. The van der Waals surface area contributed by atoms with Gasteiger partial charge in [-0.05, 0) is 12.3 Å². The molecule has 0 spiro atoms. The zero-order chi connectivity index (χ0) is 11.1. The van der Waals surface area contributed by atoms with Crippen molar-refractivity contribution in [3.05, 3.63) is 0 Å². The van der Waals surface area contributed by atoms with Crippen molar-refractivity contribution in [2.45, 2.75) is 51.0 Å². The second-order valence-electron chi connectivity index (χ2n) is 4.00. The van der Waals surface area contributed by atoms with Crippen molar-refractivity contribution in [3.8, 4) is 0 Å². The van der Waals surface area contributed by atoms with Crippen molar-refractivity contribution < 1.29 is 4.79 Å². The van der Waals surface area contributed by atoms with Crippen LogP contribution in [0.15, 0.2) is 0 Å². The molecule has 2 unspecified atom stereocenters. The number of carbonyl (C=O) groups excluding carboxylic acids is 1. The zero-order valence-electron chi connectivity index (χ0n) is 9.54. The van der Waals surface area contributed by atoms with Crippen LogP contribution >= 0.6 is 11.8 Å². The fraction of sp³-hybridized carbons (Fsp3) is 0.900. The van der Waals surface area contributed by atoms with Gasteiger partial charge in [0.2, 0.25) is 5.91 Å². The summed E-state index contributed by atoms with van der Waals surface area (Å²) in [5.74, 6) is 5.61. The number of hydrazine groups is 1. The van der Waals surface area contributed by atoms with E-state index in [2.05, 4.69) is 33.1 Å². The maximum absolute atomic E-state index is 10.9. The van der Waals surface area contributed by atoms with Crippen LogP contribution in [-0.2, 0) is 4.79 Å². The van der Waals surface area contributed by atoms with E-state index in [1.807, 2.05) is 11.8 Å². The average molecular weight is 218 g/mol. The van der Waals surface area contributed by atoms with Gasteiger partial charge < -0.3 is 0 Å². The minimum Gasteiger partial charge on any atom is -0.294 e. The van der Waals surface area contributed by atoms with E-state index in [0.29, 0.717) is 22.8 Å². The molecule has 3 nitrogen and oxygen atoms in total. The Morgan fingerprint density at radius 1 is 1.36 bits per heavy atom. The molecule has 0 rings (SSSR count). The third kappa shape index (κ3) is 6.27. The van der Waals surface area contributed by atoms with Gasteiger partial charge in [-0.25, -0.2) is 5.84 Å². The molecule has 14 heavy (non-hydrogen) atoms.